The first-order valence-electron chi connectivity index (χ1n) is 9.15. The number of benzene rings is 2. The molecule has 0 saturated heterocycles. The minimum absolute atomic E-state index is 0.0329. The molecule has 3 rings (SSSR count). The Hall–Kier alpha value is -2.62. The van der Waals surface area contributed by atoms with E-state index in [1.165, 1.54) is 22.3 Å². The first-order chi connectivity index (χ1) is 12.4. The highest BCUT2D eigenvalue weighted by atomic mass is 16.1. The van der Waals surface area contributed by atoms with Crippen molar-refractivity contribution in [3.8, 4) is 0 Å². The lowest BCUT2D eigenvalue weighted by atomic mass is 9.99. The van der Waals surface area contributed by atoms with Gasteiger partial charge in [0.15, 0.2) is 0 Å². The molecular weight excluding hydrogens is 322 g/mol. The molecule has 1 aromatic heterocycles. The number of hydrogen-bond acceptors (Lipinski definition) is 2. The largest absolute Gasteiger partial charge is 0.349 e. The average molecular weight is 349 g/mol. The zero-order chi connectivity index (χ0) is 18.8. The second-order valence-electron chi connectivity index (χ2n) is 7.35. The van der Waals surface area contributed by atoms with Gasteiger partial charge in [-0.15, -0.1) is 0 Å². The van der Waals surface area contributed by atoms with Gasteiger partial charge in [0.25, 0.3) is 0 Å². The van der Waals surface area contributed by atoms with Gasteiger partial charge < -0.3 is 9.88 Å². The summed E-state index contributed by atoms with van der Waals surface area (Å²) in [6.45, 7) is 11.4. The van der Waals surface area contributed by atoms with Crippen molar-refractivity contribution in [1.29, 1.82) is 0 Å². The highest BCUT2D eigenvalue weighted by Crippen LogP contribution is 2.22. The maximum atomic E-state index is 12.0. The van der Waals surface area contributed by atoms with Gasteiger partial charge in [-0.2, -0.15) is 0 Å². The van der Waals surface area contributed by atoms with E-state index >= 15 is 0 Å². The molecule has 0 fully saturated rings. The fourth-order valence-corrected chi connectivity index (χ4v) is 3.42. The Morgan fingerprint density at radius 3 is 2.42 bits per heavy atom. The molecule has 0 aliphatic rings. The maximum Gasteiger partial charge on any atom is 0.222 e. The van der Waals surface area contributed by atoms with Crippen LogP contribution in [0.3, 0.4) is 0 Å². The third-order valence-electron chi connectivity index (χ3n) is 4.84. The zero-order valence-corrected chi connectivity index (χ0v) is 16.3. The molecule has 0 saturated carbocycles. The Morgan fingerprint density at radius 1 is 1.12 bits per heavy atom. The summed E-state index contributed by atoms with van der Waals surface area (Å²) in [5, 5.41) is 3.00. The summed E-state index contributed by atoms with van der Waals surface area (Å²) >= 11 is 0. The first-order valence-corrected chi connectivity index (χ1v) is 9.15. The monoisotopic (exact) mass is 349 g/mol. The number of amides is 1. The molecule has 3 aromatic rings. The molecule has 1 N–H and O–H groups in total. The number of hydrogen-bond donors (Lipinski definition) is 1. The van der Waals surface area contributed by atoms with Crippen molar-refractivity contribution in [2.24, 2.45) is 5.92 Å². The minimum atomic E-state index is -0.0329. The summed E-state index contributed by atoms with van der Waals surface area (Å²) in [4.78, 5) is 16.8. The average Bonchev–Trinajstić information content (AvgIpc) is 2.93. The van der Waals surface area contributed by atoms with Gasteiger partial charge in [-0.3, -0.25) is 4.79 Å². The molecule has 1 amide bonds. The van der Waals surface area contributed by atoms with E-state index < -0.39 is 0 Å². The minimum Gasteiger partial charge on any atom is -0.349 e. The van der Waals surface area contributed by atoms with Crippen LogP contribution in [0, 0.1) is 26.7 Å². The lowest BCUT2D eigenvalue weighted by molar-refractivity contribution is -0.124. The van der Waals surface area contributed by atoms with E-state index in [-0.39, 0.29) is 11.8 Å². The maximum absolute atomic E-state index is 12.0. The SMILES string of the molecule is Cc1cc(C)c(Cn2c(CNC(=O)C(C)C)nc3ccccc32)c(C)c1. The fraction of sp³-hybridized carbons (Fsp3) is 0.364. The number of para-hydroxylation sites is 2. The Kier molecular flexibility index (Phi) is 5.12. The van der Waals surface area contributed by atoms with E-state index in [0.717, 1.165) is 23.4 Å². The van der Waals surface area contributed by atoms with E-state index in [1.807, 2.05) is 32.0 Å². The molecule has 4 nitrogen and oxygen atoms in total. The number of aromatic nitrogens is 2. The van der Waals surface area contributed by atoms with Crippen molar-refractivity contribution in [2.45, 2.75) is 47.7 Å². The van der Waals surface area contributed by atoms with E-state index in [0.29, 0.717) is 6.54 Å². The molecule has 4 heteroatoms. The van der Waals surface area contributed by atoms with Crippen LogP contribution in [-0.2, 0) is 17.9 Å². The fourth-order valence-electron chi connectivity index (χ4n) is 3.42. The summed E-state index contributed by atoms with van der Waals surface area (Å²) in [6, 6.07) is 12.6. The number of carbonyl (C=O) groups is 1. The molecule has 1 heterocycles. The highest BCUT2D eigenvalue weighted by Gasteiger charge is 2.15. The van der Waals surface area contributed by atoms with E-state index in [2.05, 4.69) is 48.9 Å². The molecule has 136 valence electrons. The number of nitrogens with one attached hydrogen (secondary N) is 1. The van der Waals surface area contributed by atoms with Crippen LogP contribution in [0.25, 0.3) is 11.0 Å². The molecule has 2 aromatic carbocycles. The van der Waals surface area contributed by atoms with E-state index in [1.54, 1.807) is 0 Å². The molecule has 0 bridgehead atoms. The lowest BCUT2D eigenvalue weighted by Crippen LogP contribution is -2.28. The topological polar surface area (TPSA) is 46.9 Å². The third kappa shape index (κ3) is 3.64. The number of rotatable bonds is 5. The van der Waals surface area contributed by atoms with Crippen molar-refractivity contribution < 1.29 is 4.79 Å². The normalized spacial score (nSPS) is 11.3. The summed E-state index contributed by atoms with van der Waals surface area (Å²) in [7, 11) is 0. The van der Waals surface area contributed by atoms with E-state index in [9.17, 15) is 4.79 Å². The standard InChI is InChI=1S/C22H27N3O/c1-14(2)22(26)23-12-21-24-19-8-6-7-9-20(19)25(21)13-18-16(4)10-15(3)11-17(18)5/h6-11,14H,12-13H2,1-5H3,(H,23,26). The predicted molar refractivity (Wildman–Crippen MR) is 106 cm³/mol. The summed E-state index contributed by atoms with van der Waals surface area (Å²) < 4.78 is 2.22. The van der Waals surface area contributed by atoms with Gasteiger partial charge in [-0.25, -0.2) is 4.98 Å². The van der Waals surface area contributed by atoms with Crippen LogP contribution in [0.2, 0.25) is 0 Å². The van der Waals surface area contributed by atoms with Crippen LogP contribution in [-0.4, -0.2) is 15.5 Å². The van der Waals surface area contributed by atoms with Crippen LogP contribution in [0.4, 0.5) is 0 Å². The Bertz CT molecular complexity index is 930. The third-order valence-corrected chi connectivity index (χ3v) is 4.84. The number of nitrogens with zero attached hydrogens (tertiary/aromatic N) is 2. The van der Waals surface area contributed by atoms with Crippen LogP contribution in [0.1, 0.15) is 41.9 Å². The Morgan fingerprint density at radius 2 is 1.77 bits per heavy atom. The second kappa shape index (κ2) is 7.32. The Labute approximate surface area is 155 Å². The van der Waals surface area contributed by atoms with Gasteiger partial charge in [-0.05, 0) is 49.6 Å². The molecule has 0 aliphatic carbocycles. The van der Waals surface area contributed by atoms with Gasteiger partial charge in [0.05, 0.1) is 17.6 Å². The van der Waals surface area contributed by atoms with Crippen LogP contribution in [0.15, 0.2) is 36.4 Å². The van der Waals surface area contributed by atoms with Crippen molar-refractivity contribution in [3.05, 3.63) is 64.5 Å². The van der Waals surface area contributed by atoms with Crippen LogP contribution < -0.4 is 5.32 Å². The molecule has 26 heavy (non-hydrogen) atoms. The van der Waals surface area contributed by atoms with Crippen molar-refractivity contribution in [3.63, 3.8) is 0 Å². The van der Waals surface area contributed by atoms with Gasteiger partial charge in [0, 0.05) is 12.5 Å². The molecule has 0 unspecified atom stereocenters. The van der Waals surface area contributed by atoms with E-state index in [4.69, 9.17) is 4.98 Å². The Balaban J connectivity index is 2.01. The molecule has 0 aliphatic heterocycles. The predicted octanol–water partition coefficient (Wildman–Crippen LogP) is 4.28. The first kappa shape index (κ1) is 18.2. The van der Waals surface area contributed by atoms with Crippen molar-refractivity contribution >= 4 is 16.9 Å². The summed E-state index contributed by atoms with van der Waals surface area (Å²) in [5.74, 6) is 0.903. The zero-order valence-electron chi connectivity index (χ0n) is 16.3. The second-order valence-corrected chi connectivity index (χ2v) is 7.35. The van der Waals surface area contributed by atoms with Gasteiger partial charge in [0.1, 0.15) is 5.82 Å². The van der Waals surface area contributed by atoms with Gasteiger partial charge >= 0.3 is 0 Å². The van der Waals surface area contributed by atoms with Crippen LogP contribution in [0.5, 0.6) is 0 Å². The smallest absolute Gasteiger partial charge is 0.222 e. The molecule has 0 spiro atoms. The quantitative estimate of drug-likeness (QED) is 0.747. The van der Waals surface area contributed by atoms with Crippen LogP contribution >= 0.6 is 0 Å². The molecule has 0 atom stereocenters. The van der Waals surface area contributed by atoms with Gasteiger partial charge in [0.2, 0.25) is 5.91 Å². The van der Waals surface area contributed by atoms with Crippen molar-refractivity contribution in [1.82, 2.24) is 14.9 Å². The van der Waals surface area contributed by atoms with Gasteiger partial charge in [-0.1, -0.05) is 43.7 Å². The number of imidazole rings is 1. The molecular formula is C22H27N3O. The number of carbonyl (C=O) groups excluding carboxylic acids is 1. The highest BCUT2D eigenvalue weighted by molar-refractivity contribution is 5.78. The lowest BCUT2D eigenvalue weighted by Gasteiger charge is -2.15. The van der Waals surface area contributed by atoms with Crippen molar-refractivity contribution in [2.75, 3.05) is 0 Å². The summed E-state index contributed by atoms with van der Waals surface area (Å²) in [5.41, 5.74) is 7.23. The molecule has 0 radical (unpaired) electrons. The number of fused-ring (bicyclic) bond motifs is 1. The number of aryl methyl sites for hydroxylation is 3. The summed E-state index contributed by atoms with van der Waals surface area (Å²) in [6.07, 6.45) is 0.